The van der Waals surface area contributed by atoms with E-state index in [0.29, 0.717) is 5.92 Å². The molecule has 0 aromatic rings. The summed E-state index contributed by atoms with van der Waals surface area (Å²) in [6.07, 6.45) is 5.98. The molecule has 0 saturated carbocycles. The monoisotopic (exact) mass is 376 g/mol. The Morgan fingerprint density at radius 3 is 2.00 bits per heavy atom. The van der Waals surface area contributed by atoms with Gasteiger partial charge in [-0.15, -0.1) is 24.8 Å². The van der Waals surface area contributed by atoms with Gasteiger partial charge < -0.3 is 0 Å². The maximum atomic E-state index is 4.64. The Morgan fingerprint density at radius 1 is 1.05 bits per heavy atom. The van der Waals surface area contributed by atoms with Gasteiger partial charge in [0.05, 0.1) is 0 Å². The molecule has 0 aromatic heterocycles. The first-order valence-electron chi connectivity index (χ1n) is 6.39. The molecule has 0 heterocycles. The molecule has 19 heavy (non-hydrogen) atoms. The zero-order valence-electron chi connectivity index (χ0n) is 12.5. The number of hydrogen-bond acceptors (Lipinski definition) is 0. The number of halogens is 2. The Balaban J connectivity index is 0.00000162. The molecule has 0 aliphatic heterocycles. The summed E-state index contributed by atoms with van der Waals surface area (Å²) in [5.41, 5.74) is 6.06. The van der Waals surface area contributed by atoms with Crippen molar-refractivity contribution in [1.29, 1.82) is 0 Å². The molecule has 0 spiro atoms. The number of allylic oxidation sites excluding steroid dienone is 8. The Kier molecular flexibility index (Phi) is 7.46. The van der Waals surface area contributed by atoms with Gasteiger partial charge in [-0.3, -0.25) is 0 Å². The van der Waals surface area contributed by atoms with E-state index in [1.165, 1.54) is 17.6 Å². The first-order valence-corrected chi connectivity index (χ1v) is 10.6. The van der Waals surface area contributed by atoms with E-state index in [1.54, 1.807) is 17.7 Å². The van der Waals surface area contributed by atoms with E-state index in [0.717, 1.165) is 0 Å². The fourth-order valence-electron chi connectivity index (χ4n) is 2.95. The molecular formula is C16H24Cl2Zr. The second-order valence-corrected chi connectivity index (χ2v) is 10.5. The molecule has 0 bridgehead atoms. The molecule has 0 saturated heterocycles. The van der Waals surface area contributed by atoms with Crippen molar-refractivity contribution >= 4 is 29.0 Å². The zero-order chi connectivity index (χ0) is 12.7. The molecule has 2 aliphatic carbocycles. The molecular weight excluding hydrogens is 354 g/mol. The Labute approximate surface area is 137 Å². The van der Waals surface area contributed by atoms with Crippen LogP contribution in [0.4, 0.5) is 0 Å². The van der Waals surface area contributed by atoms with E-state index < -0.39 is 21.3 Å². The van der Waals surface area contributed by atoms with E-state index in [9.17, 15) is 0 Å². The predicted octanol–water partition coefficient (Wildman–Crippen LogP) is 5.37. The molecule has 3 heteroatoms. The first kappa shape index (κ1) is 19.3. The van der Waals surface area contributed by atoms with E-state index in [2.05, 4.69) is 51.0 Å². The summed E-state index contributed by atoms with van der Waals surface area (Å²) in [6, 6.07) is 0. The molecule has 1 atom stereocenters. The second-order valence-electron chi connectivity index (χ2n) is 5.35. The van der Waals surface area contributed by atoms with Crippen LogP contribution in [0.2, 0.25) is 0 Å². The van der Waals surface area contributed by atoms with Gasteiger partial charge in [0.2, 0.25) is 0 Å². The van der Waals surface area contributed by atoms with Gasteiger partial charge in [-0.2, -0.15) is 0 Å². The van der Waals surface area contributed by atoms with Crippen LogP contribution >= 0.6 is 24.8 Å². The van der Waals surface area contributed by atoms with Crippen molar-refractivity contribution in [3.05, 3.63) is 41.0 Å². The van der Waals surface area contributed by atoms with Crippen LogP contribution in [-0.2, 0) is 21.3 Å². The quantitative estimate of drug-likeness (QED) is 0.606. The van der Waals surface area contributed by atoms with Gasteiger partial charge in [0, 0.05) is 0 Å². The van der Waals surface area contributed by atoms with Gasteiger partial charge in [0.1, 0.15) is 0 Å². The fourth-order valence-corrected chi connectivity index (χ4v) is 9.36. The van der Waals surface area contributed by atoms with Crippen molar-refractivity contribution in [3.63, 3.8) is 0 Å². The average Bonchev–Trinajstić information content (AvgIpc) is 2.70. The molecule has 1 unspecified atom stereocenters. The summed E-state index contributed by atoms with van der Waals surface area (Å²) in [4.78, 5) is 0. The molecule has 0 fully saturated rings. The normalized spacial score (nSPS) is 21.8. The topological polar surface area (TPSA) is 0 Å². The predicted molar refractivity (Wildman–Crippen MR) is 88.3 cm³/mol. The first-order chi connectivity index (χ1) is 7.93. The standard InChI is InChI=1S/C8H11.C7H9.CH2.2ClH.Zr/c1-6-4-7(2)8(3)5-6;1-6-4-3-5-7(6)2;;;;/h4,6H,1-3H3;4H,3H2,1-2H3;1H2;2*1H;. The molecule has 0 radical (unpaired) electrons. The van der Waals surface area contributed by atoms with E-state index >= 15 is 0 Å². The average molecular weight is 378 g/mol. The Hall–Kier alpha value is 0.293. The van der Waals surface area contributed by atoms with Crippen LogP contribution in [0.3, 0.4) is 0 Å². The van der Waals surface area contributed by atoms with Crippen molar-refractivity contribution < 1.29 is 21.3 Å². The molecule has 2 aliphatic rings. The summed E-state index contributed by atoms with van der Waals surface area (Å²) < 4.78 is 8.08. The Morgan fingerprint density at radius 2 is 1.63 bits per heavy atom. The van der Waals surface area contributed by atoms with E-state index in [4.69, 9.17) is 0 Å². The molecule has 2 rings (SSSR count). The second kappa shape index (κ2) is 7.34. The van der Waals surface area contributed by atoms with Crippen LogP contribution in [0.1, 0.15) is 41.0 Å². The van der Waals surface area contributed by atoms with Crippen LogP contribution in [-0.4, -0.2) is 4.21 Å². The van der Waals surface area contributed by atoms with Crippen molar-refractivity contribution in [3.8, 4) is 0 Å². The molecule has 0 N–H and O–H groups in total. The molecule has 0 amide bonds. The van der Waals surface area contributed by atoms with Crippen molar-refractivity contribution in [2.24, 2.45) is 5.92 Å². The van der Waals surface area contributed by atoms with Crippen LogP contribution in [0, 0.1) is 5.92 Å². The van der Waals surface area contributed by atoms with Gasteiger partial charge in [-0.05, 0) is 0 Å². The van der Waals surface area contributed by atoms with Gasteiger partial charge in [0.15, 0.2) is 0 Å². The third-order valence-corrected chi connectivity index (χ3v) is 11.2. The van der Waals surface area contributed by atoms with E-state index in [1.807, 2.05) is 0 Å². The Bertz CT molecular complexity index is 519. The summed E-state index contributed by atoms with van der Waals surface area (Å²) in [5, 5.41) is 0. The van der Waals surface area contributed by atoms with Crippen LogP contribution in [0.15, 0.2) is 41.0 Å². The summed E-state index contributed by atoms with van der Waals surface area (Å²) in [7, 11) is 0. The number of rotatable bonds is 2. The van der Waals surface area contributed by atoms with Crippen LogP contribution in [0.25, 0.3) is 0 Å². The van der Waals surface area contributed by atoms with Gasteiger partial charge in [-0.1, -0.05) is 0 Å². The van der Waals surface area contributed by atoms with Crippen molar-refractivity contribution in [1.82, 2.24) is 0 Å². The van der Waals surface area contributed by atoms with Crippen molar-refractivity contribution in [2.45, 2.75) is 41.0 Å². The summed E-state index contributed by atoms with van der Waals surface area (Å²) in [5.74, 6) is 0.642. The van der Waals surface area contributed by atoms with Crippen molar-refractivity contribution in [2.75, 3.05) is 0 Å². The van der Waals surface area contributed by atoms with Gasteiger partial charge in [-0.25, -0.2) is 0 Å². The zero-order valence-corrected chi connectivity index (χ0v) is 16.6. The van der Waals surface area contributed by atoms with Gasteiger partial charge >= 0.3 is 113 Å². The minimum atomic E-state index is -1.78. The van der Waals surface area contributed by atoms with Crippen LogP contribution < -0.4 is 0 Å². The summed E-state index contributed by atoms with van der Waals surface area (Å²) >= 11 is -1.78. The van der Waals surface area contributed by atoms with E-state index in [-0.39, 0.29) is 24.8 Å². The molecule has 106 valence electrons. The number of hydrogen-bond donors (Lipinski definition) is 0. The third-order valence-electron chi connectivity index (χ3n) is 4.30. The third kappa shape index (κ3) is 3.49. The molecule has 0 aromatic carbocycles. The van der Waals surface area contributed by atoms with Gasteiger partial charge in [0.25, 0.3) is 0 Å². The fraction of sp³-hybridized carbons (Fsp3) is 0.438. The molecule has 0 nitrogen and oxygen atoms in total. The SMILES string of the molecule is Cl.Cl.[CH2]=[Zr]([C]1=C(C)C(C)=CC1)[C]1=C(C)C(C)=CC1C. The minimum absolute atomic E-state index is 0. The summed E-state index contributed by atoms with van der Waals surface area (Å²) in [6.45, 7) is 11.4. The van der Waals surface area contributed by atoms with Crippen LogP contribution in [0.5, 0.6) is 0 Å². The maximum absolute atomic E-state index is 4.64.